The van der Waals surface area contributed by atoms with Gasteiger partial charge in [0.15, 0.2) is 0 Å². The summed E-state index contributed by atoms with van der Waals surface area (Å²) < 4.78 is 25.3. The number of hydrogen-bond donors (Lipinski definition) is 0. The van der Waals surface area contributed by atoms with E-state index in [2.05, 4.69) is 0 Å². The summed E-state index contributed by atoms with van der Waals surface area (Å²) in [5.74, 6) is -2.08. The fourth-order valence-electron chi connectivity index (χ4n) is 1.69. The average Bonchev–Trinajstić information content (AvgIpc) is 2.03. The number of carbonyl (C=O) groups excluding carboxylic acids is 1. The van der Waals surface area contributed by atoms with Crippen LogP contribution >= 0.6 is 0 Å². The molecule has 1 aliphatic rings. The minimum atomic E-state index is -2.43. The second-order valence-corrected chi connectivity index (χ2v) is 3.54. The van der Waals surface area contributed by atoms with E-state index in [0.29, 0.717) is 25.2 Å². The third-order valence-electron chi connectivity index (χ3n) is 2.53. The van der Waals surface area contributed by atoms with Gasteiger partial charge in [0, 0.05) is 19.3 Å². The highest BCUT2D eigenvalue weighted by Gasteiger charge is 2.34. The van der Waals surface area contributed by atoms with Gasteiger partial charge < -0.3 is 4.79 Å². The maximum absolute atomic E-state index is 12.6. The maximum atomic E-state index is 12.6. The van der Waals surface area contributed by atoms with E-state index in [1.165, 1.54) is 0 Å². The summed E-state index contributed by atoms with van der Waals surface area (Å²) >= 11 is 0. The lowest BCUT2D eigenvalue weighted by atomic mass is 9.84. The van der Waals surface area contributed by atoms with E-state index in [4.69, 9.17) is 0 Å². The monoisotopic (exact) mass is 176 g/mol. The van der Waals surface area contributed by atoms with Crippen LogP contribution in [0.3, 0.4) is 0 Å². The van der Waals surface area contributed by atoms with Crippen molar-refractivity contribution in [3.63, 3.8) is 0 Å². The van der Waals surface area contributed by atoms with Gasteiger partial charge in [0.1, 0.15) is 6.29 Å². The van der Waals surface area contributed by atoms with Crippen molar-refractivity contribution in [3.05, 3.63) is 0 Å². The van der Waals surface area contributed by atoms with Gasteiger partial charge in [0.2, 0.25) is 5.92 Å². The van der Waals surface area contributed by atoms with Gasteiger partial charge in [0.25, 0.3) is 0 Å². The molecule has 0 amide bonds. The van der Waals surface area contributed by atoms with Crippen LogP contribution < -0.4 is 0 Å². The van der Waals surface area contributed by atoms with Crippen molar-refractivity contribution >= 4 is 6.29 Å². The summed E-state index contributed by atoms with van der Waals surface area (Å²) in [6.07, 6.45) is 3.37. The predicted molar refractivity (Wildman–Crippen MR) is 42.2 cm³/mol. The van der Waals surface area contributed by atoms with Gasteiger partial charge in [-0.15, -0.1) is 0 Å². The van der Waals surface area contributed by atoms with Crippen LogP contribution in [0.2, 0.25) is 0 Å². The lowest BCUT2D eigenvalue weighted by molar-refractivity contribution is -0.108. The van der Waals surface area contributed by atoms with Gasteiger partial charge >= 0.3 is 0 Å². The van der Waals surface area contributed by atoms with Crippen LogP contribution in [0.4, 0.5) is 8.78 Å². The highest BCUT2D eigenvalue weighted by atomic mass is 19.3. The van der Waals surface area contributed by atoms with E-state index in [0.717, 1.165) is 12.7 Å². The van der Waals surface area contributed by atoms with Crippen LogP contribution in [0, 0.1) is 5.92 Å². The van der Waals surface area contributed by atoms with E-state index in [9.17, 15) is 13.6 Å². The standard InChI is InChI=1S/C9H14F2O/c10-9(11)5-3-8(4-6-9)2-1-7-12/h7-8H,1-6H2. The molecule has 70 valence electrons. The minimum absolute atomic E-state index is 0.0104. The fourth-order valence-corrected chi connectivity index (χ4v) is 1.69. The number of alkyl halides is 2. The molecule has 0 spiro atoms. The van der Waals surface area contributed by atoms with Gasteiger partial charge in [-0.3, -0.25) is 0 Å². The lowest BCUT2D eigenvalue weighted by Gasteiger charge is -2.27. The predicted octanol–water partition coefficient (Wildman–Crippen LogP) is 2.79. The molecule has 1 aliphatic carbocycles. The third kappa shape index (κ3) is 2.88. The molecule has 0 aromatic heterocycles. The quantitative estimate of drug-likeness (QED) is 0.604. The molecule has 1 saturated carbocycles. The summed E-state index contributed by atoms with van der Waals surface area (Å²) in [5.41, 5.74) is 0. The summed E-state index contributed by atoms with van der Waals surface area (Å²) in [7, 11) is 0. The molecule has 0 radical (unpaired) electrons. The van der Waals surface area contributed by atoms with Gasteiger partial charge in [0.05, 0.1) is 0 Å². The van der Waals surface area contributed by atoms with Gasteiger partial charge in [-0.2, -0.15) is 0 Å². The Bertz CT molecular complexity index is 147. The summed E-state index contributed by atoms with van der Waals surface area (Å²) in [6, 6.07) is 0. The summed E-state index contributed by atoms with van der Waals surface area (Å²) in [5, 5.41) is 0. The van der Waals surface area contributed by atoms with Crippen molar-refractivity contribution < 1.29 is 13.6 Å². The molecule has 0 atom stereocenters. The van der Waals surface area contributed by atoms with E-state index in [1.807, 2.05) is 0 Å². The Kier molecular flexibility index (Phi) is 3.18. The topological polar surface area (TPSA) is 17.1 Å². The molecule has 0 heterocycles. The van der Waals surface area contributed by atoms with Crippen LogP contribution in [0.1, 0.15) is 38.5 Å². The Hall–Kier alpha value is -0.470. The first-order valence-electron chi connectivity index (χ1n) is 4.45. The Labute approximate surface area is 71.1 Å². The van der Waals surface area contributed by atoms with E-state index < -0.39 is 5.92 Å². The number of rotatable bonds is 3. The fraction of sp³-hybridized carbons (Fsp3) is 0.889. The molecule has 0 aromatic carbocycles. The first-order valence-corrected chi connectivity index (χ1v) is 4.45. The molecular weight excluding hydrogens is 162 g/mol. The Morgan fingerprint density at radius 2 is 1.92 bits per heavy atom. The SMILES string of the molecule is O=CCCC1CCC(F)(F)CC1. The number of halogens is 2. The number of carbonyl (C=O) groups is 1. The van der Waals surface area contributed by atoms with Crippen LogP contribution in [0.5, 0.6) is 0 Å². The Morgan fingerprint density at radius 1 is 1.33 bits per heavy atom. The number of aldehydes is 1. The first kappa shape index (κ1) is 9.62. The first-order chi connectivity index (χ1) is 5.64. The van der Waals surface area contributed by atoms with Gasteiger partial charge in [-0.1, -0.05) is 0 Å². The van der Waals surface area contributed by atoms with Crippen LogP contribution in [-0.4, -0.2) is 12.2 Å². The van der Waals surface area contributed by atoms with Gasteiger partial charge in [-0.05, 0) is 25.2 Å². The normalized spacial score (nSPS) is 23.8. The molecule has 1 rings (SSSR count). The van der Waals surface area contributed by atoms with Crippen molar-refractivity contribution in [1.29, 1.82) is 0 Å². The molecular formula is C9H14F2O. The smallest absolute Gasteiger partial charge is 0.248 e. The molecule has 0 unspecified atom stereocenters. The van der Waals surface area contributed by atoms with Crippen molar-refractivity contribution in [1.82, 2.24) is 0 Å². The molecule has 0 N–H and O–H groups in total. The summed E-state index contributed by atoms with van der Waals surface area (Å²) in [4.78, 5) is 10.0. The van der Waals surface area contributed by atoms with Crippen molar-refractivity contribution in [2.75, 3.05) is 0 Å². The average molecular weight is 176 g/mol. The van der Waals surface area contributed by atoms with E-state index in [-0.39, 0.29) is 12.8 Å². The molecule has 12 heavy (non-hydrogen) atoms. The molecule has 1 fully saturated rings. The zero-order valence-electron chi connectivity index (χ0n) is 7.06. The molecule has 0 saturated heterocycles. The largest absolute Gasteiger partial charge is 0.303 e. The highest BCUT2D eigenvalue weighted by Crippen LogP contribution is 2.37. The molecule has 0 aliphatic heterocycles. The van der Waals surface area contributed by atoms with Crippen LogP contribution in [0.15, 0.2) is 0 Å². The maximum Gasteiger partial charge on any atom is 0.248 e. The van der Waals surface area contributed by atoms with E-state index in [1.54, 1.807) is 0 Å². The molecule has 0 bridgehead atoms. The zero-order valence-corrected chi connectivity index (χ0v) is 7.06. The van der Waals surface area contributed by atoms with Crippen molar-refractivity contribution in [3.8, 4) is 0 Å². The lowest BCUT2D eigenvalue weighted by Crippen LogP contribution is -2.24. The molecule has 3 heteroatoms. The number of hydrogen-bond acceptors (Lipinski definition) is 1. The van der Waals surface area contributed by atoms with Crippen molar-refractivity contribution in [2.45, 2.75) is 44.4 Å². The van der Waals surface area contributed by atoms with Crippen LogP contribution in [0.25, 0.3) is 0 Å². The Morgan fingerprint density at radius 3 is 2.42 bits per heavy atom. The Balaban J connectivity index is 2.22. The summed E-state index contributed by atoms with van der Waals surface area (Å²) in [6.45, 7) is 0. The zero-order chi connectivity index (χ0) is 9.03. The second kappa shape index (κ2) is 3.97. The highest BCUT2D eigenvalue weighted by molar-refractivity contribution is 5.49. The van der Waals surface area contributed by atoms with Gasteiger partial charge in [-0.25, -0.2) is 8.78 Å². The van der Waals surface area contributed by atoms with Crippen LogP contribution in [-0.2, 0) is 4.79 Å². The van der Waals surface area contributed by atoms with Crippen molar-refractivity contribution in [2.24, 2.45) is 5.92 Å². The van der Waals surface area contributed by atoms with E-state index >= 15 is 0 Å². The minimum Gasteiger partial charge on any atom is -0.303 e. The second-order valence-electron chi connectivity index (χ2n) is 3.54. The molecule has 0 aromatic rings. The third-order valence-corrected chi connectivity index (χ3v) is 2.53. The molecule has 1 nitrogen and oxygen atoms in total.